The number of hydrogen-bond donors (Lipinski definition) is 6. The Morgan fingerprint density at radius 3 is 2.39 bits per heavy atom. The molecule has 1 aliphatic carbocycles. The lowest BCUT2D eigenvalue weighted by atomic mass is 9.61. The molecule has 9 nitrogen and oxygen atoms in total. The third-order valence-corrected chi connectivity index (χ3v) is 6.06. The van der Waals surface area contributed by atoms with Crippen LogP contribution in [0.15, 0.2) is 0 Å². The van der Waals surface area contributed by atoms with Crippen molar-refractivity contribution in [1.29, 1.82) is 0 Å². The molecule has 2 aliphatic rings. The lowest BCUT2D eigenvalue weighted by Gasteiger charge is -2.46. The van der Waals surface area contributed by atoms with Crippen LogP contribution >= 0.6 is 0 Å². The monoisotopic (exact) mass is 406 g/mol. The molecule has 0 amide bonds. The van der Waals surface area contributed by atoms with Gasteiger partial charge < -0.3 is 40.1 Å². The third kappa shape index (κ3) is 5.21. The van der Waals surface area contributed by atoms with Crippen LogP contribution < -0.4 is 0 Å². The number of aliphatic hydroxyl groups is 6. The van der Waals surface area contributed by atoms with Crippen LogP contribution in [0.3, 0.4) is 0 Å². The summed E-state index contributed by atoms with van der Waals surface area (Å²) in [5.74, 6) is -1.53. The van der Waals surface area contributed by atoms with Gasteiger partial charge in [0.1, 0.15) is 24.4 Å². The van der Waals surface area contributed by atoms with Gasteiger partial charge in [-0.1, -0.05) is 13.8 Å². The highest BCUT2D eigenvalue weighted by Gasteiger charge is 2.49. The van der Waals surface area contributed by atoms with Crippen molar-refractivity contribution < 1.29 is 44.9 Å². The maximum atomic E-state index is 12.9. The van der Waals surface area contributed by atoms with Gasteiger partial charge in [-0.2, -0.15) is 0 Å². The van der Waals surface area contributed by atoms with Gasteiger partial charge in [0.25, 0.3) is 0 Å². The summed E-state index contributed by atoms with van der Waals surface area (Å²) in [6.45, 7) is 4.96. The van der Waals surface area contributed by atoms with Crippen molar-refractivity contribution in [2.24, 2.45) is 17.3 Å². The first-order valence-corrected chi connectivity index (χ1v) is 9.85. The van der Waals surface area contributed by atoms with Gasteiger partial charge in [-0.15, -0.1) is 0 Å². The Labute approximate surface area is 164 Å². The number of aliphatic hydroxyl groups excluding tert-OH is 6. The predicted molar refractivity (Wildman–Crippen MR) is 96.8 cm³/mol. The van der Waals surface area contributed by atoms with Crippen molar-refractivity contribution in [2.75, 3.05) is 6.61 Å². The molecule has 2 rings (SSSR count). The second-order valence-electron chi connectivity index (χ2n) is 8.86. The SMILES string of the molecule is C[C@@H](O)CC[C@H]1[C@H](C(=O)O[C@@H]2O[C@H](CO)[C@@H](O)[C@H](O)[C@H]2O)C[C@H](O)CC1(C)C. The molecule has 164 valence electrons. The minimum absolute atomic E-state index is 0.164. The summed E-state index contributed by atoms with van der Waals surface area (Å²) in [6, 6.07) is 0. The normalized spacial score (nSPS) is 42.0. The number of carbonyl (C=O) groups excluding carboxylic acids is 1. The number of carbonyl (C=O) groups is 1. The second kappa shape index (κ2) is 9.34. The fourth-order valence-corrected chi connectivity index (χ4v) is 4.48. The Morgan fingerprint density at radius 1 is 1.18 bits per heavy atom. The minimum atomic E-state index is -1.67. The largest absolute Gasteiger partial charge is 0.432 e. The van der Waals surface area contributed by atoms with Crippen molar-refractivity contribution in [3.63, 3.8) is 0 Å². The standard InChI is InChI=1S/C19H34O9/c1-9(21)4-5-12-11(6-10(22)7-19(12,2)3)17(26)28-18-16(25)15(24)14(23)13(8-20)27-18/h9-16,18,20-25H,4-8H2,1-3H3/t9-,10+,11-,12+,13-,14-,15+,16-,18+/m1/s1. The van der Waals surface area contributed by atoms with Gasteiger partial charge in [-0.3, -0.25) is 4.79 Å². The average Bonchev–Trinajstić information content (AvgIpc) is 2.59. The quantitative estimate of drug-likeness (QED) is 0.301. The predicted octanol–water partition coefficient (Wildman–Crippen LogP) is -1.10. The van der Waals surface area contributed by atoms with E-state index in [2.05, 4.69) is 0 Å². The Balaban J connectivity index is 2.14. The van der Waals surface area contributed by atoms with Gasteiger partial charge in [0, 0.05) is 0 Å². The lowest BCUT2D eigenvalue weighted by Crippen LogP contribution is -2.60. The van der Waals surface area contributed by atoms with E-state index < -0.39 is 61.4 Å². The second-order valence-corrected chi connectivity index (χ2v) is 8.86. The summed E-state index contributed by atoms with van der Waals surface area (Å²) in [6.07, 6.45) is -7.01. The number of ether oxygens (including phenoxy) is 2. The highest BCUT2D eigenvalue weighted by molar-refractivity contribution is 5.73. The van der Waals surface area contributed by atoms with Crippen LogP contribution in [-0.4, -0.2) is 86.1 Å². The van der Waals surface area contributed by atoms with E-state index in [0.29, 0.717) is 19.3 Å². The Morgan fingerprint density at radius 2 is 1.82 bits per heavy atom. The smallest absolute Gasteiger partial charge is 0.311 e. The number of rotatable bonds is 6. The summed E-state index contributed by atoms with van der Waals surface area (Å²) >= 11 is 0. The van der Waals surface area contributed by atoms with Crippen LogP contribution in [0.2, 0.25) is 0 Å². The molecule has 0 aromatic heterocycles. The molecule has 1 heterocycles. The molecule has 0 radical (unpaired) electrons. The van der Waals surface area contributed by atoms with Crippen molar-refractivity contribution in [1.82, 2.24) is 0 Å². The van der Waals surface area contributed by atoms with E-state index in [0.717, 1.165) is 0 Å². The molecule has 1 aliphatic heterocycles. The molecule has 6 N–H and O–H groups in total. The molecular weight excluding hydrogens is 372 g/mol. The van der Waals surface area contributed by atoms with E-state index in [1.165, 1.54) is 0 Å². The number of hydrogen-bond acceptors (Lipinski definition) is 9. The van der Waals surface area contributed by atoms with E-state index in [9.17, 15) is 35.4 Å². The highest BCUT2D eigenvalue weighted by Crippen LogP contribution is 2.47. The fraction of sp³-hybridized carbons (Fsp3) is 0.947. The van der Waals surface area contributed by atoms with Gasteiger partial charge in [0.05, 0.1) is 24.7 Å². The van der Waals surface area contributed by atoms with Crippen LogP contribution in [0.1, 0.15) is 46.5 Å². The molecule has 0 aromatic carbocycles. The first-order chi connectivity index (χ1) is 13.0. The van der Waals surface area contributed by atoms with Gasteiger partial charge in [0.15, 0.2) is 0 Å². The van der Waals surface area contributed by atoms with Crippen molar-refractivity contribution >= 4 is 5.97 Å². The maximum Gasteiger partial charge on any atom is 0.311 e. The molecule has 9 heteroatoms. The van der Waals surface area contributed by atoms with Gasteiger partial charge in [-0.05, 0) is 43.9 Å². The molecular formula is C19H34O9. The Bertz CT molecular complexity index is 522. The van der Waals surface area contributed by atoms with Crippen LogP contribution in [0.4, 0.5) is 0 Å². The summed E-state index contributed by atoms with van der Waals surface area (Å²) in [5.41, 5.74) is -0.369. The molecule has 1 saturated heterocycles. The van der Waals surface area contributed by atoms with Crippen molar-refractivity contribution in [3.05, 3.63) is 0 Å². The first kappa shape index (κ1) is 23.5. The number of esters is 1. The summed E-state index contributed by atoms with van der Waals surface area (Å²) in [7, 11) is 0. The third-order valence-electron chi connectivity index (χ3n) is 6.06. The van der Waals surface area contributed by atoms with E-state index in [-0.39, 0.29) is 17.8 Å². The molecule has 28 heavy (non-hydrogen) atoms. The van der Waals surface area contributed by atoms with E-state index in [1.54, 1.807) is 6.92 Å². The topological polar surface area (TPSA) is 157 Å². The molecule has 0 bridgehead atoms. The van der Waals surface area contributed by atoms with Gasteiger partial charge in [-0.25, -0.2) is 0 Å². The maximum absolute atomic E-state index is 12.9. The van der Waals surface area contributed by atoms with Crippen LogP contribution in [-0.2, 0) is 14.3 Å². The van der Waals surface area contributed by atoms with Crippen LogP contribution in [0.25, 0.3) is 0 Å². The van der Waals surface area contributed by atoms with E-state index >= 15 is 0 Å². The zero-order chi connectivity index (χ0) is 21.2. The van der Waals surface area contributed by atoms with Gasteiger partial charge in [0.2, 0.25) is 6.29 Å². The highest BCUT2D eigenvalue weighted by atomic mass is 16.7. The van der Waals surface area contributed by atoms with E-state index in [4.69, 9.17) is 9.47 Å². The fourth-order valence-electron chi connectivity index (χ4n) is 4.48. The van der Waals surface area contributed by atoms with Crippen molar-refractivity contribution in [3.8, 4) is 0 Å². The molecule has 2 fully saturated rings. The lowest BCUT2D eigenvalue weighted by molar-refractivity contribution is -0.295. The van der Waals surface area contributed by atoms with Crippen LogP contribution in [0.5, 0.6) is 0 Å². The summed E-state index contributed by atoms with van der Waals surface area (Å²) in [4.78, 5) is 12.9. The summed E-state index contributed by atoms with van der Waals surface area (Å²) in [5, 5.41) is 58.9. The van der Waals surface area contributed by atoms with Crippen molar-refractivity contribution in [2.45, 2.75) is 89.4 Å². The molecule has 0 spiro atoms. The van der Waals surface area contributed by atoms with Gasteiger partial charge >= 0.3 is 5.97 Å². The zero-order valence-corrected chi connectivity index (χ0v) is 16.6. The minimum Gasteiger partial charge on any atom is -0.432 e. The molecule has 9 atom stereocenters. The summed E-state index contributed by atoms with van der Waals surface area (Å²) < 4.78 is 10.6. The molecule has 0 unspecified atom stereocenters. The zero-order valence-electron chi connectivity index (χ0n) is 16.6. The molecule has 1 saturated carbocycles. The average molecular weight is 406 g/mol. The first-order valence-electron chi connectivity index (χ1n) is 9.85. The van der Waals surface area contributed by atoms with Crippen LogP contribution in [0, 0.1) is 17.3 Å². The van der Waals surface area contributed by atoms with E-state index in [1.807, 2.05) is 13.8 Å². The Hall–Kier alpha value is -0.810. The molecule has 0 aromatic rings. The Kier molecular flexibility index (Phi) is 7.83.